The molecule has 0 atom stereocenters. The molecule has 4 nitrogen and oxygen atoms in total. The predicted molar refractivity (Wildman–Crippen MR) is 65.7 cm³/mol. The number of nitrogens with one attached hydrogen (secondary N) is 2. The SMILES string of the molecule is COC(=O)c1ccc2[nH]c(=S)c(=S)[nH]c2c1. The smallest absolute Gasteiger partial charge is 0.337 e. The van der Waals surface area contributed by atoms with Crippen molar-refractivity contribution in [3.05, 3.63) is 33.0 Å². The molecule has 0 amide bonds. The Morgan fingerprint density at radius 1 is 1.19 bits per heavy atom. The molecule has 1 aromatic carbocycles. The zero-order valence-electron chi connectivity index (χ0n) is 8.37. The molecule has 0 saturated heterocycles. The Hall–Kier alpha value is -1.53. The molecular formula is C10H8N2O2S2. The van der Waals surface area contributed by atoms with E-state index in [4.69, 9.17) is 24.4 Å². The van der Waals surface area contributed by atoms with Gasteiger partial charge in [0.25, 0.3) is 0 Å². The van der Waals surface area contributed by atoms with E-state index >= 15 is 0 Å². The normalized spacial score (nSPS) is 10.3. The molecule has 0 bridgehead atoms. The molecule has 0 aliphatic carbocycles. The second kappa shape index (κ2) is 4.15. The number of carbonyl (C=O) groups excluding carboxylic acids is 1. The lowest BCUT2D eigenvalue weighted by Crippen LogP contribution is -2.01. The highest BCUT2D eigenvalue weighted by Crippen LogP contribution is 2.12. The fourth-order valence-corrected chi connectivity index (χ4v) is 1.68. The number of fused-ring (bicyclic) bond motifs is 1. The van der Waals surface area contributed by atoms with Crippen LogP contribution < -0.4 is 0 Å². The summed E-state index contributed by atoms with van der Waals surface area (Å²) in [5.41, 5.74) is 1.99. The van der Waals surface area contributed by atoms with Gasteiger partial charge in [0.15, 0.2) is 0 Å². The first kappa shape index (κ1) is 11.0. The van der Waals surface area contributed by atoms with Crippen LogP contribution in [0.4, 0.5) is 0 Å². The van der Waals surface area contributed by atoms with Crippen LogP contribution in [0.5, 0.6) is 0 Å². The van der Waals surface area contributed by atoms with E-state index in [0.717, 1.165) is 11.0 Å². The van der Waals surface area contributed by atoms with Crippen LogP contribution in [0.1, 0.15) is 10.4 Å². The zero-order chi connectivity index (χ0) is 11.7. The molecule has 0 aliphatic rings. The third-order valence-electron chi connectivity index (χ3n) is 2.14. The van der Waals surface area contributed by atoms with Gasteiger partial charge in [-0.2, -0.15) is 0 Å². The quantitative estimate of drug-likeness (QED) is 0.605. The molecule has 0 fully saturated rings. The van der Waals surface area contributed by atoms with Crippen LogP contribution in [-0.2, 0) is 4.74 Å². The van der Waals surface area contributed by atoms with E-state index in [1.54, 1.807) is 18.2 Å². The molecule has 82 valence electrons. The number of aromatic amines is 2. The average molecular weight is 252 g/mol. The molecule has 0 aliphatic heterocycles. The van der Waals surface area contributed by atoms with E-state index in [2.05, 4.69) is 14.7 Å². The standard InChI is InChI=1S/C10H8N2O2S2/c1-14-10(13)5-2-3-6-7(4-5)12-9(16)8(15)11-6/h2-4H,1H3,(H,11,15)(H,12,16). The molecule has 0 saturated carbocycles. The van der Waals surface area contributed by atoms with Gasteiger partial charge in [0, 0.05) is 0 Å². The first-order valence-electron chi connectivity index (χ1n) is 4.46. The lowest BCUT2D eigenvalue weighted by molar-refractivity contribution is 0.0601. The van der Waals surface area contributed by atoms with Crippen molar-refractivity contribution in [3.8, 4) is 0 Å². The van der Waals surface area contributed by atoms with Gasteiger partial charge in [0.2, 0.25) is 0 Å². The highest BCUT2D eigenvalue weighted by Gasteiger charge is 2.06. The molecule has 2 N–H and O–H groups in total. The fraction of sp³-hybridized carbons (Fsp3) is 0.100. The van der Waals surface area contributed by atoms with Crippen LogP contribution in [0.15, 0.2) is 18.2 Å². The summed E-state index contributed by atoms with van der Waals surface area (Å²) in [5.74, 6) is -0.385. The molecule has 1 heterocycles. The van der Waals surface area contributed by atoms with Crippen LogP contribution in [-0.4, -0.2) is 23.0 Å². The number of benzene rings is 1. The van der Waals surface area contributed by atoms with Crippen molar-refractivity contribution in [2.24, 2.45) is 0 Å². The van der Waals surface area contributed by atoms with Crippen LogP contribution in [0, 0.1) is 9.28 Å². The Morgan fingerprint density at radius 2 is 1.81 bits per heavy atom. The summed E-state index contributed by atoms with van der Waals surface area (Å²) in [4.78, 5) is 17.2. The first-order chi connectivity index (χ1) is 7.61. The lowest BCUT2D eigenvalue weighted by Gasteiger charge is -2.02. The molecule has 1 aromatic heterocycles. The second-order valence-corrected chi connectivity index (χ2v) is 3.98. The van der Waals surface area contributed by atoms with Gasteiger partial charge in [-0.05, 0) is 18.2 Å². The number of esters is 1. The van der Waals surface area contributed by atoms with Gasteiger partial charge in [-0.25, -0.2) is 4.79 Å². The average Bonchev–Trinajstić information content (AvgIpc) is 2.29. The summed E-state index contributed by atoms with van der Waals surface area (Å²) >= 11 is 10.0. The summed E-state index contributed by atoms with van der Waals surface area (Å²) in [6, 6.07) is 5.08. The maximum atomic E-state index is 11.3. The van der Waals surface area contributed by atoms with Gasteiger partial charge in [0.05, 0.1) is 23.7 Å². The van der Waals surface area contributed by atoms with E-state index in [0.29, 0.717) is 14.8 Å². The maximum absolute atomic E-state index is 11.3. The Balaban J connectivity index is 2.71. The number of rotatable bonds is 1. The predicted octanol–water partition coefficient (Wildman–Crippen LogP) is 2.74. The summed E-state index contributed by atoms with van der Waals surface area (Å²) in [6.45, 7) is 0. The Kier molecular flexibility index (Phi) is 2.84. The largest absolute Gasteiger partial charge is 0.465 e. The number of hydrogen-bond acceptors (Lipinski definition) is 4. The van der Waals surface area contributed by atoms with Gasteiger partial charge in [0.1, 0.15) is 9.28 Å². The number of carbonyl (C=O) groups is 1. The van der Waals surface area contributed by atoms with Crippen molar-refractivity contribution < 1.29 is 9.53 Å². The summed E-state index contributed by atoms with van der Waals surface area (Å²) in [5, 5.41) is 0. The maximum Gasteiger partial charge on any atom is 0.337 e. The van der Waals surface area contributed by atoms with E-state index in [9.17, 15) is 4.79 Å². The number of methoxy groups -OCH3 is 1. The van der Waals surface area contributed by atoms with Crippen LogP contribution in [0.25, 0.3) is 11.0 Å². The topological polar surface area (TPSA) is 57.9 Å². The van der Waals surface area contributed by atoms with E-state index in [1.807, 2.05) is 0 Å². The molecule has 2 rings (SSSR count). The minimum atomic E-state index is -0.385. The Labute approximate surface area is 101 Å². The van der Waals surface area contributed by atoms with Gasteiger partial charge in [-0.1, -0.05) is 24.4 Å². The molecule has 16 heavy (non-hydrogen) atoms. The highest BCUT2D eigenvalue weighted by molar-refractivity contribution is 7.73. The number of hydrogen-bond donors (Lipinski definition) is 2. The van der Waals surface area contributed by atoms with Crippen molar-refractivity contribution in [2.75, 3.05) is 7.11 Å². The monoisotopic (exact) mass is 252 g/mol. The Bertz CT molecular complexity index is 672. The van der Waals surface area contributed by atoms with Crippen LogP contribution in [0.2, 0.25) is 0 Å². The number of aromatic nitrogens is 2. The van der Waals surface area contributed by atoms with Gasteiger partial charge in [-0.3, -0.25) is 0 Å². The number of H-pyrrole nitrogens is 2. The molecule has 0 spiro atoms. The molecule has 0 unspecified atom stereocenters. The molecule has 0 radical (unpaired) electrons. The minimum absolute atomic E-state index is 0.385. The minimum Gasteiger partial charge on any atom is -0.465 e. The van der Waals surface area contributed by atoms with Crippen molar-refractivity contribution in [2.45, 2.75) is 0 Å². The van der Waals surface area contributed by atoms with E-state index in [-0.39, 0.29) is 5.97 Å². The number of ether oxygens (including phenoxy) is 1. The van der Waals surface area contributed by atoms with E-state index < -0.39 is 0 Å². The van der Waals surface area contributed by atoms with Crippen molar-refractivity contribution in [1.82, 2.24) is 9.97 Å². The van der Waals surface area contributed by atoms with Crippen LogP contribution >= 0.6 is 24.4 Å². The summed E-state index contributed by atoms with van der Waals surface area (Å²) < 4.78 is 5.56. The summed E-state index contributed by atoms with van der Waals surface area (Å²) in [6.07, 6.45) is 0. The fourth-order valence-electron chi connectivity index (χ4n) is 1.36. The van der Waals surface area contributed by atoms with Crippen molar-refractivity contribution in [1.29, 1.82) is 0 Å². The van der Waals surface area contributed by atoms with Crippen molar-refractivity contribution >= 4 is 41.4 Å². The summed E-state index contributed by atoms with van der Waals surface area (Å²) in [7, 11) is 1.34. The lowest BCUT2D eigenvalue weighted by atomic mass is 10.2. The molecule has 6 heteroatoms. The zero-order valence-corrected chi connectivity index (χ0v) is 10.00. The van der Waals surface area contributed by atoms with Gasteiger partial charge >= 0.3 is 5.97 Å². The highest BCUT2D eigenvalue weighted by atomic mass is 32.1. The first-order valence-corrected chi connectivity index (χ1v) is 5.28. The van der Waals surface area contributed by atoms with Crippen LogP contribution in [0.3, 0.4) is 0 Å². The second-order valence-electron chi connectivity index (χ2n) is 3.16. The van der Waals surface area contributed by atoms with E-state index in [1.165, 1.54) is 7.11 Å². The van der Waals surface area contributed by atoms with Gasteiger partial charge in [-0.15, -0.1) is 0 Å². The van der Waals surface area contributed by atoms with Crippen molar-refractivity contribution in [3.63, 3.8) is 0 Å². The third kappa shape index (κ3) is 1.89. The molecular weight excluding hydrogens is 244 g/mol. The third-order valence-corrected chi connectivity index (χ3v) is 2.88. The molecule has 2 aromatic rings. The Morgan fingerprint density at radius 3 is 2.44 bits per heavy atom. The van der Waals surface area contributed by atoms with Gasteiger partial charge < -0.3 is 14.7 Å².